The third-order valence-electron chi connectivity index (χ3n) is 3.68. The topological polar surface area (TPSA) is 71.0 Å². The first kappa shape index (κ1) is 16.9. The number of amides is 1. The third-order valence-corrected chi connectivity index (χ3v) is 3.68. The molecule has 122 valence electrons. The molecule has 0 bridgehead atoms. The first-order valence-corrected chi connectivity index (χ1v) is 7.56. The van der Waals surface area contributed by atoms with Gasteiger partial charge in [0, 0.05) is 32.4 Å². The van der Waals surface area contributed by atoms with Crippen molar-refractivity contribution in [3.63, 3.8) is 0 Å². The monoisotopic (exact) mass is 308 g/mol. The first-order valence-electron chi connectivity index (χ1n) is 7.56. The van der Waals surface area contributed by atoms with Crippen molar-refractivity contribution in [1.82, 2.24) is 4.90 Å². The van der Waals surface area contributed by atoms with Gasteiger partial charge in [-0.05, 0) is 24.1 Å². The average Bonchev–Trinajstić information content (AvgIpc) is 2.54. The molecule has 1 aliphatic rings. The molecule has 1 atom stereocenters. The molecule has 1 saturated heterocycles. The quantitative estimate of drug-likeness (QED) is 0.787. The molecule has 1 aromatic rings. The Hall–Kier alpha value is -1.47. The van der Waals surface area contributed by atoms with E-state index in [1.165, 1.54) is 7.11 Å². The van der Waals surface area contributed by atoms with E-state index in [9.17, 15) is 9.90 Å². The number of ether oxygens (including phenoxy) is 2. The Morgan fingerprint density at radius 3 is 2.68 bits per heavy atom. The summed E-state index contributed by atoms with van der Waals surface area (Å²) in [5, 5.41) is 13.0. The van der Waals surface area contributed by atoms with Gasteiger partial charge in [0.25, 0.3) is 0 Å². The lowest BCUT2D eigenvalue weighted by molar-refractivity contribution is -0.119. The molecule has 1 unspecified atom stereocenters. The van der Waals surface area contributed by atoms with Crippen LogP contribution in [0.15, 0.2) is 24.3 Å². The number of hydrogen-bond donors (Lipinski definition) is 2. The lowest BCUT2D eigenvalue weighted by Gasteiger charge is -2.27. The van der Waals surface area contributed by atoms with E-state index in [1.54, 1.807) is 12.1 Å². The zero-order valence-electron chi connectivity index (χ0n) is 13.0. The summed E-state index contributed by atoms with van der Waals surface area (Å²) in [4.78, 5) is 13.7. The highest BCUT2D eigenvalue weighted by Gasteiger charge is 2.13. The van der Waals surface area contributed by atoms with Crippen molar-refractivity contribution in [2.45, 2.75) is 12.5 Å². The normalized spacial score (nSPS) is 17.2. The zero-order chi connectivity index (χ0) is 15.8. The molecular weight excluding hydrogens is 284 g/mol. The fraction of sp³-hybridized carbons (Fsp3) is 0.562. The molecule has 1 fully saturated rings. The number of rotatable bonds is 7. The second-order valence-electron chi connectivity index (χ2n) is 5.36. The minimum absolute atomic E-state index is 0.0317. The SMILES string of the molecule is COCC(=O)Nc1ccc(C(O)CCN2CCOCC2)cc1. The van der Waals surface area contributed by atoms with Crippen LogP contribution < -0.4 is 5.32 Å². The number of hydrogen-bond acceptors (Lipinski definition) is 5. The largest absolute Gasteiger partial charge is 0.388 e. The summed E-state index contributed by atoms with van der Waals surface area (Å²) in [6, 6.07) is 7.26. The third kappa shape index (κ3) is 5.38. The molecule has 6 nitrogen and oxygen atoms in total. The standard InChI is InChI=1S/C16H24N2O4/c1-21-12-16(20)17-14-4-2-13(3-5-14)15(19)6-7-18-8-10-22-11-9-18/h2-5,15,19H,6-12H2,1H3,(H,17,20). The molecular formula is C16H24N2O4. The van der Waals surface area contributed by atoms with Crippen molar-refractivity contribution in [3.05, 3.63) is 29.8 Å². The number of carbonyl (C=O) groups is 1. The van der Waals surface area contributed by atoms with Crippen molar-refractivity contribution in [1.29, 1.82) is 0 Å². The summed E-state index contributed by atoms with van der Waals surface area (Å²) in [7, 11) is 1.48. The predicted octanol–water partition coefficient (Wildman–Crippen LogP) is 1.03. The molecule has 0 spiro atoms. The molecule has 22 heavy (non-hydrogen) atoms. The summed E-state index contributed by atoms with van der Waals surface area (Å²) in [5.41, 5.74) is 1.56. The van der Waals surface area contributed by atoms with E-state index in [0.717, 1.165) is 38.4 Å². The van der Waals surface area contributed by atoms with Crippen molar-refractivity contribution in [3.8, 4) is 0 Å². The van der Waals surface area contributed by atoms with Gasteiger partial charge >= 0.3 is 0 Å². The maximum Gasteiger partial charge on any atom is 0.250 e. The minimum atomic E-state index is -0.494. The molecule has 0 aromatic heterocycles. The summed E-state index contributed by atoms with van der Waals surface area (Å²) in [6.45, 7) is 4.28. The summed E-state index contributed by atoms with van der Waals surface area (Å²) in [5.74, 6) is -0.192. The number of aliphatic hydroxyl groups excluding tert-OH is 1. The van der Waals surface area contributed by atoms with Gasteiger partial charge in [0.2, 0.25) is 5.91 Å². The summed E-state index contributed by atoms with van der Waals surface area (Å²) >= 11 is 0. The van der Waals surface area contributed by atoms with Crippen LogP contribution in [-0.4, -0.2) is 62.5 Å². The molecule has 0 radical (unpaired) electrons. The van der Waals surface area contributed by atoms with E-state index in [2.05, 4.69) is 10.2 Å². The number of anilines is 1. The molecule has 2 N–H and O–H groups in total. The van der Waals surface area contributed by atoms with Gasteiger partial charge in [-0.1, -0.05) is 12.1 Å². The molecule has 1 heterocycles. The summed E-state index contributed by atoms with van der Waals surface area (Å²) < 4.78 is 10.1. The van der Waals surface area contributed by atoms with Crippen LogP contribution in [0.3, 0.4) is 0 Å². The maximum atomic E-state index is 11.4. The number of aliphatic hydroxyl groups is 1. The van der Waals surface area contributed by atoms with Gasteiger partial charge in [0.15, 0.2) is 0 Å². The number of nitrogens with one attached hydrogen (secondary N) is 1. The van der Waals surface area contributed by atoms with E-state index in [-0.39, 0.29) is 12.5 Å². The van der Waals surface area contributed by atoms with Crippen molar-refractivity contribution < 1.29 is 19.4 Å². The number of morpholine rings is 1. The van der Waals surface area contributed by atoms with Crippen LogP contribution in [0.1, 0.15) is 18.1 Å². The second kappa shape index (κ2) is 8.85. The number of methoxy groups -OCH3 is 1. The van der Waals surface area contributed by atoms with Gasteiger partial charge in [-0.15, -0.1) is 0 Å². The number of nitrogens with zero attached hydrogens (tertiary/aromatic N) is 1. The van der Waals surface area contributed by atoms with E-state index < -0.39 is 6.10 Å². The van der Waals surface area contributed by atoms with Gasteiger partial charge in [0.05, 0.1) is 19.3 Å². The van der Waals surface area contributed by atoms with Gasteiger partial charge < -0.3 is 19.9 Å². The van der Waals surface area contributed by atoms with Crippen molar-refractivity contribution >= 4 is 11.6 Å². The Kier molecular flexibility index (Phi) is 6.79. The molecule has 0 saturated carbocycles. The zero-order valence-corrected chi connectivity index (χ0v) is 13.0. The predicted molar refractivity (Wildman–Crippen MR) is 83.8 cm³/mol. The van der Waals surface area contributed by atoms with Gasteiger partial charge in [0.1, 0.15) is 6.61 Å². The Labute approximate surface area is 131 Å². The van der Waals surface area contributed by atoms with E-state index in [4.69, 9.17) is 9.47 Å². The van der Waals surface area contributed by atoms with E-state index >= 15 is 0 Å². The van der Waals surface area contributed by atoms with E-state index in [0.29, 0.717) is 12.1 Å². The Morgan fingerprint density at radius 1 is 1.36 bits per heavy atom. The van der Waals surface area contributed by atoms with Crippen molar-refractivity contribution in [2.24, 2.45) is 0 Å². The highest BCUT2D eigenvalue weighted by Crippen LogP contribution is 2.19. The number of carbonyl (C=O) groups excluding carboxylic acids is 1. The second-order valence-corrected chi connectivity index (χ2v) is 5.36. The summed E-state index contributed by atoms with van der Waals surface area (Å²) in [6.07, 6.45) is 0.196. The van der Waals surface area contributed by atoms with Crippen molar-refractivity contribution in [2.75, 3.05) is 51.9 Å². The maximum absolute atomic E-state index is 11.4. The lowest BCUT2D eigenvalue weighted by atomic mass is 10.1. The number of benzene rings is 1. The van der Waals surface area contributed by atoms with Gasteiger partial charge in [-0.25, -0.2) is 0 Å². The Bertz CT molecular complexity index is 458. The molecule has 1 aliphatic heterocycles. The fourth-order valence-corrected chi connectivity index (χ4v) is 2.41. The van der Waals surface area contributed by atoms with Crippen LogP contribution in [0.25, 0.3) is 0 Å². The van der Waals surface area contributed by atoms with Crippen LogP contribution in [0.5, 0.6) is 0 Å². The smallest absolute Gasteiger partial charge is 0.250 e. The molecule has 2 rings (SSSR count). The van der Waals surface area contributed by atoms with Crippen LogP contribution in [0, 0.1) is 0 Å². The fourth-order valence-electron chi connectivity index (χ4n) is 2.41. The average molecular weight is 308 g/mol. The lowest BCUT2D eigenvalue weighted by Crippen LogP contribution is -2.37. The van der Waals surface area contributed by atoms with Crippen LogP contribution in [0.2, 0.25) is 0 Å². The van der Waals surface area contributed by atoms with Crippen LogP contribution >= 0.6 is 0 Å². The van der Waals surface area contributed by atoms with Gasteiger partial charge in [-0.3, -0.25) is 9.69 Å². The highest BCUT2D eigenvalue weighted by atomic mass is 16.5. The minimum Gasteiger partial charge on any atom is -0.388 e. The first-order chi connectivity index (χ1) is 10.7. The molecule has 6 heteroatoms. The highest BCUT2D eigenvalue weighted by molar-refractivity contribution is 5.91. The molecule has 0 aliphatic carbocycles. The Balaban J connectivity index is 1.79. The van der Waals surface area contributed by atoms with Gasteiger partial charge in [-0.2, -0.15) is 0 Å². The van der Waals surface area contributed by atoms with Crippen LogP contribution in [-0.2, 0) is 14.3 Å². The molecule has 1 aromatic carbocycles. The molecule has 1 amide bonds. The Morgan fingerprint density at radius 2 is 2.05 bits per heavy atom. The van der Waals surface area contributed by atoms with Crippen LogP contribution in [0.4, 0.5) is 5.69 Å². The van der Waals surface area contributed by atoms with E-state index in [1.807, 2.05) is 12.1 Å².